The minimum Gasteiger partial charge on any atom is -0.0889 e. The van der Waals surface area contributed by atoms with Crippen molar-refractivity contribution in [3.8, 4) is 0 Å². The highest BCUT2D eigenvalue weighted by atomic mass is 32.1. The average Bonchev–Trinajstić information content (AvgIpc) is 1.64. The number of hydrogen-bond acceptors (Lipinski definition) is 2. The van der Waals surface area contributed by atoms with Gasteiger partial charge in [-0.3, -0.25) is 0 Å². The fraction of sp³-hybridized carbons (Fsp3) is 0.333. The van der Waals surface area contributed by atoms with Crippen molar-refractivity contribution in [2.75, 3.05) is 0 Å². The van der Waals surface area contributed by atoms with Crippen molar-refractivity contribution in [3.05, 3.63) is 12.2 Å². The maximum Gasteiger partial charge on any atom is 0.0204 e. The Morgan fingerprint density at radius 2 is 2.25 bits per heavy atom. The highest BCUT2D eigenvalue weighted by molar-refractivity contribution is 7.82. The van der Waals surface area contributed by atoms with E-state index in [9.17, 15) is 0 Å². The van der Waals surface area contributed by atoms with Crippen molar-refractivity contribution in [1.82, 2.24) is 0 Å². The Bertz CT molecular complexity index is 156. The molecule has 1 radical (unpaired) electrons. The van der Waals surface area contributed by atoms with Gasteiger partial charge in [-0.15, -0.1) is 0 Å². The Morgan fingerprint density at radius 3 is 2.62 bits per heavy atom. The van der Waals surface area contributed by atoms with Gasteiger partial charge in [-0.1, -0.05) is 24.4 Å². The maximum absolute atomic E-state index is 4.91. The highest BCUT2D eigenvalue weighted by Crippen LogP contribution is 2.04. The topological polar surface area (TPSA) is 0 Å². The van der Waals surface area contributed by atoms with Gasteiger partial charge in [0.25, 0.3) is 0 Å². The molecule has 0 aromatic carbocycles. The third-order valence-corrected chi connectivity index (χ3v) is 1.48. The molecule has 0 amide bonds. The Labute approximate surface area is 59.6 Å². The van der Waals surface area contributed by atoms with Gasteiger partial charge in [0.05, 0.1) is 0 Å². The molecule has 0 unspecified atom stereocenters. The number of hydrogen-bond donors (Lipinski definition) is 0. The van der Waals surface area contributed by atoms with E-state index in [1.54, 1.807) is 0 Å². The molecule has 0 aromatic rings. The Kier molecular flexibility index (Phi) is 1.86. The Morgan fingerprint density at radius 1 is 1.50 bits per heavy atom. The number of allylic oxidation sites excluding steroid dienone is 2. The first kappa shape index (κ1) is 6.05. The molecule has 1 rings (SSSR count). The van der Waals surface area contributed by atoms with Crippen LogP contribution in [0.1, 0.15) is 12.8 Å². The minimum atomic E-state index is 0.815. The van der Waals surface area contributed by atoms with E-state index in [1.807, 2.05) is 6.08 Å². The van der Waals surface area contributed by atoms with E-state index < -0.39 is 0 Å². The lowest BCUT2D eigenvalue weighted by atomic mass is 10.1. The van der Waals surface area contributed by atoms with E-state index in [1.165, 1.54) is 0 Å². The molecule has 0 heterocycles. The summed E-state index contributed by atoms with van der Waals surface area (Å²) in [5, 5.41) is 0. The van der Waals surface area contributed by atoms with Crippen LogP contribution in [0.5, 0.6) is 0 Å². The van der Waals surface area contributed by atoms with E-state index >= 15 is 0 Å². The number of thiocarbonyl (C=S) groups is 2. The van der Waals surface area contributed by atoms with Crippen molar-refractivity contribution < 1.29 is 0 Å². The molecule has 0 saturated carbocycles. The van der Waals surface area contributed by atoms with Crippen LogP contribution >= 0.6 is 24.4 Å². The van der Waals surface area contributed by atoms with Gasteiger partial charge >= 0.3 is 0 Å². The quantitative estimate of drug-likeness (QED) is 0.472. The fourth-order valence-electron chi connectivity index (χ4n) is 0.587. The smallest absolute Gasteiger partial charge is 0.0204 e. The third kappa shape index (κ3) is 1.46. The van der Waals surface area contributed by atoms with Crippen molar-refractivity contribution in [1.29, 1.82) is 0 Å². The summed E-state index contributed by atoms with van der Waals surface area (Å²) in [6, 6.07) is 0. The number of rotatable bonds is 0. The van der Waals surface area contributed by atoms with Crippen molar-refractivity contribution in [2.24, 2.45) is 0 Å². The fourth-order valence-corrected chi connectivity index (χ4v) is 1.17. The van der Waals surface area contributed by atoms with Crippen LogP contribution in [0.15, 0.2) is 6.08 Å². The zero-order chi connectivity index (χ0) is 5.98. The van der Waals surface area contributed by atoms with Crippen LogP contribution in [0.25, 0.3) is 0 Å². The summed E-state index contributed by atoms with van der Waals surface area (Å²) in [5.74, 6) is 0. The standard InChI is InChI=1S/C6H5S2/c7-5-2-1-3-6(8)4-5/h2H,3-4H2. The molecule has 0 N–H and O–H groups in total. The minimum absolute atomic E-state index is 0.815. The third-order valence-electron chi connectivity index (χ3n) is 0.934. The van der Waals surface area contributed by atoms with Crippen LogP contribution in [0, 0.1) is 6.08 Å². The molecule has 8 heavy (non-hydrogen) atoms. The zero-order valence-corrected chi connectivity index (χ0v) is 5.94. The van der Waals surface area contributed by atoms with Crippen molar-refractivity contribution in [2.45, 2.75) is 12.8 Å². The van der Waals surface area contributed by atoms with Gasteiger partial charge in [0, 0.05) is 22.6 Å². The average molecular weight is 141 g/mol. The summed E-state index contributed by atoms with van der Waals surface area (Å²) in [7, 11) is 0. The second-order valence-corrected chi connectivity index (χ2v) is 2.81. The van der Waals surface area contributed by atoms with Crippen LogP contribution in [0.2, 0.25) is 0 Å². The van der Waals surface area contributed by atoms with Crippen molar-refractivity contribution in [3.63, 3.8) is 0 Å². The molecule has 0 spiro atoms. The molecule has 2 heteroatoms. The van der Waals surface area contributed by atoms with Crippen LogP contribution < -0.4 is 0 Å². The first-order valence-electron chi connectivity index (χ1n) is 2.40. The molecule has 41 valence electrons. The molecule has 1 aliphatic rings. The summed E-state index contributed by atoms with van der Waals surface area (Å²) in [4.78, 5) is 1.93. The molecule has 0 nitrogen and oxygen atoms in total. The molecule has 0 aromatic heterocycles. The summed E-state index contributed by atoms with van der Waals surface area (Å²) in [6.07, 6.45) is 6.45. The van der Waals surface area contributed by atoms with E-state index in [2.05, 4.69) is 6.08 Å². The predicted octanol–water partition coefficient (Wildman–Crippen LogP) is 1.88. The normalized spacial score (nSPS) is 19.5. The largest absolute Gasteiger partial charge is 0.0889 e. The Hall–Kier alpha value is -0.0800. The van der Waals surface area contributed by atoms with Crippen LogP contribution in [0.3, 0.4) is 0 Å². The van der Waals surface area contributed by atoms with Gasteiger partial charge in [0.2, 0.25) is 0 Å². The lowest BCUT2D eigenvalue weighted by Gasteiger charge is -2.02. The molecule has 0 atom stereocenters. The van der Waals surface area contributed by atoms with E-state index in [0.717, 1.165) is 22.6 Å². The summed E-state index contributed by atoms with van der Waals surface area (Å²) in [6.45, 7) is 0. The van der Waals surface area contributed by atoms with Gasteiger partial charge in [-0.25, -0.2) is 0 Å². The molecule has 0 aliphatic heterocycles. The molecule has 0 saturated heterocycles. The lowest BCUT2D eigenvalue weighted by Crippen LogP contribution is -2.04. The van der Waals surface area contributed by atoms with E-state index in [0.29, 0.717) is 0 Å². The second kappa shape index (κ2) is 2.46. The SMILES string of the molecule is S=C1C=[C]CC(=S)C1. The molecule has 1 aliphatic carbocycles. The van der Waals surface area contributed by atoms with Gasteiger partial charge in [0.15, 0.2) is 0 Å². The van der Waals surface area contributed by atoms with Gasteiger partial charge < -0.3 is 0 Å². The van der Waals surface area contributed by atoms with Crippen LogP contribution in [0.4, 0.5) is 0 Å². The molecular formula is C6H5S2. The highest BCUT2D eigenvalue weighted by Gasteiger charge is 2.02. The second-order valence-electron chi connectivity index (χ2n) is 1.71. The van der Waals surface area contributed by atoms with Crippen molar-refractivity contribution >= 4 is 34.2 Å². The van der Waals surface area contributed by atoms with Crippen LogP contribution in [-0.4, -0.2) is 9.73 Å². The molecule has 0 bridgehead atoms. The Balaban J connectivity index is 2.68. The van der Waals surface area contributed by atoms with Gasteiger partial charge in [-0.2, -0.15) is 0 Å². The van der Waals surface area contributed by atoms with Gasteiger partial charge in [0.1, 0.15) is 0 Å². The predicted molar refractivity (Wildman–Crippen MR) is 42.2 cm³/mol. The van der Waals surface area contributed by atoms with E-state index in [4.69, 9.17) is 24.4 Å². The summed E-state index contributed by atoms with van der Waals surface area (Å²) >= 11 is 9.79. The maximum atomic E-state index is 4.91. The molecular weight excluding hydrogens is 136 g/mol. The van der Waals surface area contributed by atoms with Crippen LogP contribution in [-0.2, 0) is 0 Å². The van der Waals surface area contributed by atoms with Gasteiger partial charge in [-0.05, 0) is 12.2 Å². The summed E-state index contributed by atoms with van der Waals surface area (Å²) < 4.78 is 0. The van der Waals surface area contributed by atoms with E-state index in [-0.39, 0.29) is 0 Å². The summed E-state index contributed by atoms with van der Waals surface area (Å²) in [5.41, 5.74) is 0. The first-order chi connectivity index (χ1) is 3.79. The lowest BCUT2D eigenvalue weighted by molar-refractivity contribution is 1.37. The first-order valence-corrected chi connectivity index (χ1v) is 3.22. The zero-order valence-electron chi connectivity index (χ0n) is 4.31. The molecule has 0 fully saturated rings. The monoisotopic (exact) mass is 141 g/mol.